The first-order valence-corrected chi connectivity index (χ1v) is 7.03. The molecule has 0 saturated carbocycles. The summed E-state index contributed by atoms with van der Waals surface area (Å²) in [6.45, 7) is 3.83. The molecule has 0 aliphatic rings. The van der Waals surface area contributed by atoms with Gasteiger partial charge in [-0.05, 0) is 38.1 Å². The van der Waals surface area contributed by atoms with Gasteiger partial charge in [-0.15, -0.1) is 0 Å². The molecule has 5 heteroatoms. The fourth-order valence-electron chi connectivity index (χ4n) is 1.26. The molecule has 0 atom stereocenters. The average molecular weight is 280 g/mol. The number of hydrogen-bond acceptors (Lipinski definition) is 3. The molecule has 2 aromatic carbocycles. The molecule has 0 heterocycles. The highest BCUT2D eigenvalue weighted by Gasteiger charge is 2.06. The van der Waals surface area contributed by atoms with Crippen LogP contribution in [0.2, 0.25) is 0 Å². The predicted octanol–water partition coefficient (Wildman–Crippen LogP) is 2.94. The van der Waals surface area contributed by atoms with E-state index in [4.69, 9.17) is 9.66 Å². The largest absolute Gasteiger partial charge is 0.508 e. The van der Waals surface area contributed by atoms with Crippen LogP contribution in [0.25, 0.3) is 0 Å². The number of phenolic OH excluding ortho intramolecular Hbond substituents is 1. The van der Waals surface area contributed by atoms with Crippen molar-refractivity contribution in [2.75, 3.05) is 0 Å². The lowest BCUT2D eigenvalue weighted by atomic mass is 10.2. The summed E-state index contributed by atoms with van der Waals surface area (Å²) in [7, 11) is -4.02. The van der Waals surface area contributed by atoms with E-state index in [1.807, 2.05) is 26.0 Å². The highest BCUT2D eigenvalue weighted by molar-refractivity contribution is 7.85. The Balaban J connectivity index is 0.000000200. The van der Waals surface area contributed by atoms with Crippen LogP contribution in [0.1, 0.15) is 11.1 Å². The van der Waals surface area contributed by atoms with Crippen molar-refractivity contribution in [1.82, 2.24) is 0 Å². The Labute approximate surface area is 113 Å². The third-order valence-electron chi connectivity index (χ3n) is 2.35. The smallest absolute Gasteiger partial charge is 0.294 e. The molecule has 0 aliphatic carbocycles. The summed E-state index contributed by atoms with van der Waals surface area (Å²) in [5, 5.41) is 8.76. The van der Waals surface area contributed by atoms with Gasteiger partial charge in [0.25, 0.3) is 10.1 Å². The molecule has 0 radical (unpaired) electrons. The van der Waals surface area contributed by atoms with Crippen molar-refractivity contribution in [2.45, 2.75) is 18.7 Å². The van der Waals surface area contributed by atoms with Gasteiger partial charge >= 0.3 is 0 Å². The Morgan fingerprint density at radius 1 is 0.789 bits per heavy atom. The van der Waals surface area contributed by atoms with E-state index in [0.717, 1.165) is 5.56 Å². The van der Waals surface area contributed by atoms with Crippen LogP contribution in [0.5, 0.6) is 5.75 Å². The zero-order valence-corrected chi connectivity index (χ0v) is 11.6. The van der Waals surface area contributed by atoms with Crippen LogP contribution in [0.15, 0.2) is 53.4 Å². The molecule has 0 unspecified atom stereocenters. The summed E-state index contributed by atoms with van der Waals surface area (Å²) in [6, 6.07) is 13.1. The molecule has 0 bridgehead atoms. The van der Waals surface area contributed by atoms with Crippen molar-refractivity contribution >= 4 is 10.1 Å². The lowest BCUT2D eigenvalue weighted by Gasteiger charge is -1.95. The molecule has 102 valence electrons. The minimum Gasteiger partial charge on any atom is -0.508 e. The molecule has 2 aromatic rings. The molecule has 2 rings (SSSR count). The molecule has 0 saturated heterocycles. The van der Waals surface area contributed by atoms with Crippen LogP contribution in [-0.4, -0.2) is 18.1 Å². The normalized spacial score (nSPS) is 10.5. The van der Waals surface area contributed by atoms with E-state index in [1.54, 1.807) is 24.3 Å². The lowest BCUT2D eigenvalue weighted by molar-refractivity contribution is 0.475. The highest BCUT2D eigenvalue weighted by atomic mass is 32.2. The average Bonchev–Trinajstić information content (AvgIpc) is 2.33. The van der Waals surface area contributed by atoms with Crippen molar-refractivity contribution < 1.29 is 18.1 Å². The van der Waals surface area contributed by atoms with E-state index < -0.39 is 10.1 Å². The van der Waals surface area contributed by atoms with Crippen LogP contribution in [0, 0.1) is 13.8 Å². The highest BCUT2D eigenvalue weighted by Crippen LogP contribution is 2.08. The molecule has 0 fully saturated rings. The second kappa shape index (κ2) is 6.36. The van der Waals surface area contributed by atoms with Gasteiger partial charge in [0.05, 0.1) is 4.90 Å². The number of aromatic hydroxyl groups is 1. The number of aryl methyl sites for hydroxylation is 2. The van der Waals surface area contributed by atoms with Crippen molar-refractivity contribution in [3.63, 3.8) is 0 Å². The second-order valence-electron chi connectivity index (χ2n) is 4.12. The number of hydrogen-bond donors (Lipinski definition) is 2. The molecular formula is C14H16O4S. The first kappa shape index (κ1) is 15.2. The maximum atomic E-state index is 10.5. The number of rotatable bonds is 1. The first-order chi connectivity index (χ1) is 8.79. The van der Waals surface area contributed by atoms with Gasteiger partial charge < -0.3 is 5.11 Å². The van der Waals surface area contributed by atoms with Gasteiger partial charge in [-0.3, -0.25) is 4.55 Å². The summed E-state index contributed by atoms with van der Waals surface area (Å²) < 4.78 is 29.6. The van der Waals surface area contributed by atoms with E-state index in [9.17, 15) is 8.42 Å². The Hall–Kier alpha value is -1.85. The maximum Gasteiger partial charge on any atom is 0.294 e. The van der Waals surface area contributed by atoms with Gasteiger partial charge in [0.1, 0.15) is 5.75 Å². The van der Waals surface area contributed by atoms with Gasteiger partial charge in [0.15, 0.2) is 0 Å². The second-order valence-corrected chi connectivity index (χ2v) is 5.55. The summed E-state index contributed by atoms with van der Waals surface area (Å²) in [6.07, 6.45) is 0. The molecule has 4 nitrogen and oxygen atoms in total. The van der Waals surface area contributed by atoms with Crippen molar-refractivity contribution in [2.24, 2.45) is 0 Å². The van der Waals surface area contributed by atoms with E-state index >= 15 is 0 Å². The van der Waals surface area contributed by atoms with Gasteiger partial charge in [-0.1, -0.05) is 35.4 Å². The van der Waals surface area contributed by atoms with Crippen molar-refractivity contribution in [3.05, 3.63) is 59.7 Å². The van der Waals surface area contributed by atoms with Crippen molar-refractivity contribution in [3.8, 4) is 5.75 Å². The van der Waals surface area contributed by atoms with Gasteiger partial charge in [0, 0.05) is 0 Å². The predicted molar refractivity (Wildman–Crippen MR) is 73.8 cm³/mol. The summed E-state index contributed by atoms with van der Waals surface area (Å²) in [4.78, 5) is -0.0666. The van der Waals surface area contributed by atoms with Crippen LogP contribution in [0.4, 0.5) is 0 Å². The maximum absolute atomic E-state index is 10.5. The van der Waals surface area contributed by atoms with E-state index in [0.29, 0.717) is 5.75 Å². The Bertz CT molecular complexity index is 593. The van der Waals surface area contributed by atoms with Gasteiger partial charge in [-0.2, -0.15) is 8.42 Å². The summed E-state index contributed by atoms with van der Waals surface area (Å²) in [5.74, 6) is 0.329. The van der Waals surface area contributed by atoms with Crippen LogP contribution in [-0.2, 0) is 10.1 Å². The minimum atomic E-state index is -4.02. The molecule has 0 aromatic heterocycles. The minimum absolute atomic E-state index is 0.0666. The Morgan fingerprint density at radius 3 is 1.47 bits per heavy atom. The molecular weight excluding hydrogens is 264 g/mol. The SMILES string of the molecule is Cc1ccc(O)cc1.Cc1ccc(S(=O)(=O)O)cc1. The zero-order valence-electron chi connectivity index (χ0n) is 10.7. The van der Waals surface area contributed by atoms with Gasteiger partial charge in [0.2, 0.25) is 0 Å². The molecule has 19 heavy (non-hydrogen) atoms. The van der Waals surface area contributed by atoms with E-state index in [-0.39, 0.29) is 4.90 Å². The third kappa shape index (κ3) is 5.54. The number of benzene rings is 2. The van der Waals surface area contributed by atoms with Crippen molar-refractivity contribution in [1.29, 1.82) is 0 Å². The number of phenols is 1. The summed E-state index contributed by atoms with van der Waals surface area (Å²) >= 11 is 0. The van der Waals surface area contributed by atoms with Gasteiger partial charge in [-0.25, -0.2) is 0 Å². The summed E-state index contributed by atoms with van der Waals surface area (Å²) in [5.41, 5.74) is 2.13. The Morgan fingerprint density at radius 2 is 1.16 bits per heavy atom. The third-order valence-corrected chi connectivity index (χ3v) is 3.22. The molecule has 0 amide bonds. The van der Waals surface area contributed by atoms with E-state index in [2.05, 4.69) is 0 Å². The van der Waals surface area contributed by atoms with Crippen LogP contribution in [0.3, 0.4) is 0 Å². The van der Waals surface area contributed by atoms with Crippen LogP contribution >= 0.6 is 0 Å². The topological polar surface area (TPSA) is 74.6 Å². The lowest BCUT2D eigenvalue weighted by Crippen LogP contribution is -1.96. The Kier molecular flexibility index (Phi) is 5.09. The first-order valence-electron chi connectivity index (χ1n) is 5.59. The fourth-order valence-corrected chi connectivity index (χ4v) is 1.74. The fraction of sp³-hybridized carbons (Fsp3) is 0.143. The molecule has 0 aliphatic heterocycles. The molecule has 0 spiro atoms. The molecule has 2 N–H and O–H groups in total. The standard InChI is InChI=1S/C7H8O3S.C7H8O/c1-6-2-4-7(5-3-6)11(8,9)10;1-6-2-4-7(8)5-3-6/h2-5H,1H3,(H,8,9,10);2-5,8H,1H3. The van der Waals surface area contributed by atoms with E-state index in [1.165, 1.54) is 17.7 Å². The quantitative estimate of drug-likeness (QED) is 0.788. The zero-order chi connectivity index (χ0) is 14.5. The van der Waals surface area contributed by atoms with Crippen LogP contribution < -0.4 is 0 Å². The monoisotopic (exact) mass is 280 g/mol.